The highest BCUT2D eigenvalue weighted by molar-refractivity contribution is 6.05. The van der Waals surface area contributed by atoms with Crippen LogP contribution in [0.4, 0.5) is 5.69 Å². The van der Waals surface area contributed by atoms with Crippen LogP contribution < -0.4 is 19.5 Å². The van der Waals surface area contributed by atoms with E-state index in [1.54, 1.807) is 36.4 Å². The van der Waals surface area contributed by atoms with E-state index in [-0.39, 0.29) is 11.9 Å². The van der Waals surface area contributed by atoms with Gasteiger partial charge in [0.15, 0.2) is 11.5 Å². The Morgan fingerprint density at radius 1 is 0.897 bits per heavy atom. The number of methoxy groups -OCH3 is 3. The molecule has 29 heavy (non-hydrogen) atoms. The van der Waals surface area contributed by atoms with Gasteiger partial charge in [-0.3, -0.25) is 4.79 Å². The SMILES string of the molecule is COc1cc(C(=O)Nc2ccc(C(=O)OCCC(C)C)cc2)cc(OC)c1OC. The van der Waals surface area contributed by atoms with Gasteiger partial charge in [-0.2, -0.15) is 0 Å². The van der Waals surface area contributed by atoms with Gasteiger partial charge in [-0.1, -0.05) is 13.8 Å². The molecular weight excluding hydrogens is 374 g/mol. The minimum Gasteiger partial charge on any atom is -0.493 e. The number of amides is 1. The van der Waals surface area contributed by atoms with E-state index in [9.17, 15) is 9.59 Å². The van der Waals surface area contributed by atoms with Crippen LogP contribution in [0.5, 0.6) is 17.2 Å². The van der Waals surface area contributed by atoms with Gasteiger partial charge in [0, 0.05) is 11.3 Å². The molecule has 0 bridgehead atoms. The molecule has 2 rings (SSSR count). The highest BCUT2D eigenvalue weighted by Crippen LogP contribution is 2.38. The lowest BCUT2D eigenvalue weighted by Gasteiger charge is -2.14. The van der Waals surface area contributed by atoms with E-state index in [2.05, 4.69) is 19.2 Å². The topological polar surface area (TPSA) is 83.1 Å². The van der Waals surface area contributed by atoms with Crippen molar-refractivity contribution in [3.8, 4) is 17.2 Å². The summed E-state index contributed by atoms with van der Waals surface area (Å²) in [5, 5.41) is 2.78. The smallest absolute Gasteiger partial charge is 0.338 e. The zero-order valence-electron chi connectivity index (χ0n) is 17.4. The first-order chi connectivity index (χ1) is 13.9. The van der Waals surface area contributed by atoms with Gasteiger partial charge < -0.3 is 24.3 Å². The number of nitrogens with one attached hydrogen (secondary N) is 1. The van der Waals surface area contributed by atoms with E-state index >= 15 is 0 Å². The molecule has 0 radical (unpaired) electrons. The molecule has 0 saturated heterocycles. The molecule has 0 heterocycles. The minimum absolute atomic E-state index is 0.344. The van der Waals surface area contributed by atoms with Crippen LogP contribution in [0, 0.1) is 5.92 Å². The maximum Gasteiger partial charge on any atom is 0.338 e. The van der Waals surface area contributed by atoms with Crippen molar-refractivity contribution in [2.45, 2.75) is 20.3 Å². The van der Waals surface area contributed by atoms with Gasteiger partial charge in [0.05, 0.1) is 33.5 Å². The Bertz CT molecular complexity index is 820. The van der Waals surface area contributed by atoms with Crippen LogP contribution in [0.1, 0.15) is 41.0 Å². The molecule has 0 fully saturated rings. The second-order valence-electron chi connectivity index (χ2n) is 6.76. The summed E-state index contributed by atoms with van der Waals surface area (Å²) in [6, 6.07) is 9.66. The number of rotatable bonds is 9. The van der Waals surface area contributed by atoms with Crippen LogP contribution >= 0.6 is 0 Å². The van der Waals surface area contributed by atoms with Crippen molar-refractivity contribution in [2.24, 2.45) is 5.92 Å². The van der Waals surface area contributed by atoms with Crippen LogP contribution in [-0.2, 0) is 4.74 Å². The largest absolute Gasteiger partial charge is 0.493 e. The number of carbonyl (C=O) groups is 2. The van der Waals surface area contributed by atoms with E-state index in [1.165, 1.54) is 21.3 Å². The molecule has 0 aromatic heterocycles. The molecule has 2 aromatic carbocycles. The van der Waals surface area contributed by atoms with Crippen molar-refractivity contribution in [2.75, 3.05) is 33.3 Å². The summed E-state index contributed by atoms with van der Waals surface area (Å²) < 4.78 is 21.0. The van der Waals surface area contributed by atoms with Crippen molar-refractivity contribution in [3.63, 3.8) is 0 Å². The Balaban J connectivity index is 2.08. The Morgan fingerprint density at radius 2 is 1.48 bits per heavy atom. The Morgan fingerprint density at radius 3 is 1.97 bits per heavy atom. The van der Waals surface area contributed by atoms with Crippen LogP contribution in [0.2, 0.25) is 0 Å². The number of hydrogen-bond donors (Lipinski definition) is 1. The lowest BCUT2D eigenvalue weighted by atomic mass is 10.1. The summed E-state index contributed by atoms with van der Waals surface area (Å²) in [6.45, 7) is 4.52. The predicted molar refractivity (Wildman–Crippen MR) is 110 cm³/mol. The van der Waals surface area contributed by atoms with Crippen LogP contribution in [0.15, 0.2) is 36.4 Å². The quantitative estimate of drug-likeness (QED) is 0.635. The lowest BCUT2D eigenvalue weighted by Crippen LogP contribution is -2.13. The Labute approximate surface area is 170 Å². The Kier molecular flexibility index (Phi) is 7.88. The molecule has 156 valence electrons. The van der Waals surface area contributed by atoms with E-state index < -0.39 is 0 Å². The van der Waals surface area contributed by atoms with Gasteiger partial charge >= 0.3 is 5.97 Å². The fraction of sp³-hybridized carbons (Fsp3) is 0.364. The Hall–Kier alpha value is -3.22. The summed E-state index contributed by atoms with van der Waals surface area (Å²) in [4.78, 5) is 24.7. The zero-order valence-corrected chi connectivity index (χ0v) is 17.4. The molecular formula is C22H27NO6. The maximum atomic E-state index is 12.6. The molecule has 0 spiro atoms. The van der Waals surface area contributed by atoms with Crippen molar-refractivity contribution < 1.29 is 28.5 Å². The number of ether oxygens (including phenoxy) is 4. The first-order valence-electron chi connectivity index (χ1n) is 9.28. The molecule has 0 unspecified atom stereocenters. The van der Waals surface area contributed by atoms with E-state index in [1.807, 2.05) is 0 Å². The maximum absolute atomic E-state index is 12.6. The third-order valence-corrected chi connectivity index (χ3v) is 4.23. The summed E-state index contributed by atoms with van der Waals surface area (Å²) in [6.07, 6.45) is 0.814. The first kappa shape index (κ1) is 22.1. The number of anilines is 1. The van der Waals surface area contributed by atoms with Crippen LogP contribution in [0.3, 0.4) is 0 Å². The first-order valence-corrected chi connectivity index (χ1v) is 9.28. The van der Waals surface area contributed by atoms with Crippen LogP contribution in [-0.4, -0.2) is 39.8 Å². The summed E-state index contributed by atoms with van der Waals surface area (Å²) >= 11 is 0. The molecule has 2 aromatic rings. The lowest BCUT2D eigenvalue weighted by molar-refractivity contribution is 0.0488. The standard InChI is InChI=1S/C22H27NO6/c1-14(2)10-11-29-22(25)15-6-8-17(9-7-15)23-21(24)16-12-18(26-3)20(28-5)19(13-16)27-4/h6-9,12-14H,10-11H2,1-5H3,(H,23,24). The van der Waals surface area contributed by atoms with Gasteiger partial charge in [-0.05, 0) is 48.7 Å². The summed E-state index contributed by atoms with van der Waals surface area (Å²) in [7, 11) is 4.46. The second kappa shape index (κ2) is 10.4. The molecule has 1 amide bonds. The highest BCUT2D eigenvalue weighted by atomic mass is 16.5. The molecule has 7 heteroatoms. The molecule has 1 N–H and O–H groups in total. The molecule has 0 aliphatic rings. The van der Waals surface area contributed by atoms with Gasteiger partial charge in [0.25, 0.3) is 5.91 Å². The average Bonchev–Trinajstić information content (AvgIpc) is 2.72. The van der Waals surface area contributed by atoms with Crippen LogP contribution in [0.25, 0.3) is 0 Å². The van der Waals surface area contributed by atoms with Gasteiger partial charge in [0.1, 0.15) is 0 Å². The van der Waals surface area contributed by atoms with Gasteiger partial charge in [-0.25, -0.2) is 4.79 Å². The molecule has 7 nitrogen and oxygen atoms in total. The second-order valence-corrected chi connectivity index (χ2v) is 6.76. The molecule has 0 aliphatic heterocycles. The van der Waals surface area contributed by atoms with Gasteiger partial charge in [-0.15, -0.1) is 0 Å². The number of benzene rings is 2. The highest BCUT2D eigenvalue weighted by Gasteiger charge is 2.17. The fourth-order valence-corrected chi connectivity index (χ4v) is 2.58. The van der Waals surface area contributed by atoms with Crippen molar-refractivity contribution >= 4 is 17.6 Å². The normalized spacial score (nSPS) is 10.4. The number of hydrogen-bond acceptors (Lipinski definition) is 6. The van der Waals surface area contributed by atoms with Crippen molar-refractivity contribution in [3.05, 3.63) is 47.5 Å². The number of carbonyl (C=O) groups excluding carboxylic acids is 2. The van der Waals surface area contributed by atoms with Crippen molar-refractivity contribution in [1.82, 2.24) is 0 Å². The average molecular weight is 401 g/mol. The predicted octanol–water partition coefficient (Wildman–Crippen LogP) is 4.17. The number of esters is 1. The summed E-state index contributed by atoms with van der Waals surface area (Å²) in [5.74, 6) is 0.917. The van der Waals surface area contributed by atoms with E-state index in [0.29, 0.717) is 46.6 Å². The van der Waals surface area contributed by atoms with E-state index in [0.717, 1.165) is 6.42 Å². The van der Waals surface area contributed by atoms with Gasteiger partial charge in [0.2, 0.25) is 5.75 Å². The third kappa shape index (κ3) is 5.88. The molecule has 0 atom stereocenters. The molecule has 0 aliphatic carbocycles. The zero-order chi connectivity index (χ0) is 21.4. The molecule has 0 saturated carbocycles. The monoisotopic (exact) mass is 401 g/mol. The third-order valence-electron chi connectivity index (χ3n) is 4.23. The fourth-order valence-electron chi connectivity index (χ4n) is 2.58. The van der Waals surface area contributed by atoms with E-state index in [4.69, 9.17) is 18.9 Å². The van der Waals surface area contributed by atoms with Crippen molar-refractivity contribution in [1.29, 1.82) is 0 Å². The summed E-state index contributed by atoms with van der Waals surface area (Å²) in [5.41, 5.74) is 1.32. The minimum atomic E-state index is -0.381.